The van der Waals surface area contributed by atoms with E-state index in [9.17, 15) is 14.7 Å². The number of aliphatic hydroxyl groups excluding tert-OH is 1. The third-order valence-electron chi connectivity index (χ3n) is 4.75. The Morgan fingerprint density at radius 3 is 2.69 bits per heavy atom. The summed E-state index contributed by atoms with van der Waals surface area (Å²) in [5.74, 6) is -0.663. The SMILES string of the molecule is C=CCN1C(=O)C(c2ccc(Cl)cc2Cl)=C(N2CCCC(CO)C2)C1=O. The zero-order chi connectivity index (χ0) is 18.8. The number of aliphatic hydroxyl groups is 1. The van der Waals surface area contributed by atoms with Crippen molar-refractivity contribution in [1.29, 1.82) is 0 Å². The largest absolute Gasteiger partial charge is 0.396 e. The first-order valence-corrected chi connectivity index (χ1v) is 9.26. The number of benzene rings is 1. The zero-order valence-electron chi connectivity index (χ0n) is 14.3. The Kier molecular flexibility index (Phi) is 5.70. The average Bonchev–Trinajstić information content (AvgIpc) is 2.87. The molecule has 1 N–H and O–H groups in total. The van der Waals surface area contributed by atoms with Crippen molar-refractivity contribution in [3.63, 3.8) is 0 Å². The van der Waals surface area contributed by atoms with Gasteiger partial charge >= 0.3 is 0 Å². The van der Waals surface area contributed by atoms with Gasteiger partial charge in [-0.3, -0.25) is 14.5 Å². The van der Waals surface area contributed by atoms with Gasteiger partial charge in [0.1, 0.15) is 5.70 Å². The second-order valence-electron chi connectivity index (χ2n) is 6.49. The summed E-state index contributed by atoms with van der Waals surface area (Å²) in [6.45, 7) is 5.00. The zero-order valence-corrected chi connectivity index (χ0v) is 15.8. The molecule has 5 nitrogen and oxygen atoms in total. The average molecular weight is 395 g/mol. The van der Waals surface area contributed by atoms with Crippen LogP contribution in [0.2, 0.25) is 10.0 Å². The fraction of sp³-hybridized carbons (Fsp3) is 0.368. The molecule has 1 aromatic rings. The van der Waals surface area contributed by atoms with Gasteiger partial charge in [-0.05, 0) is 30.9 Å². The van der Waals surface area contributed by atoms with Crippen LogP contribution in [0.4, 0.5) is 0 Å². The van der Waals surface area contributed by atoms with Crippen molar-refractivity contribution in [2.75, 3.05) is 26.2 Å². The number of halogens is 2. The van der Waals surface area contributed by atoms with Gasteiger partial charge in [0.2, 0.25) is 0 Å². The molecule has 1 saturated heterocycles. The van der Waals surface area contributed by atoms with Crippen molar-refractivity contribution < 1.29 is 14.7 Å². The van der Waals surface area contributed by atoms with E-state index >= 15 is 0 Å². The van der Waals surface area contributed by atoms with Crippen molar-refractivity contribution in [2.24, 2.45) is 5.92 Å². The molecule has 2 aliphatic heterocycles. The van der Waals surface area contributed by atoms with Crippen molar-refractivity contribution in [3.05, 3.63) is 52.2 Å². The van der Waals surface area contributed by atoms with Gasteiger partial charge in [-0.2, -0.15) is 0 Å². The Labute approximate surface area is 162 Å². The van der Waals surface area contributed by atoms with Gasteiger partial charge in [0, 0.05) is 36.8 Å². The molecule has 1 aromatic carbocycles. The molecule has 0 bridgehead atoms. The lowest BCUT2D eigenvalue weighted by atomic mass is 9.97. The molecule has 7 heteroatoms. The highest BCUT2D eigenvalue weighted by atomic mass is 35.5. The third-order valence-corrected chi connectivity index (χ3v) is 5.30. The van der Waals surface area contributed by atoms with Gasteiger partial charge in [-0.25, -0.2) is 0 Å². The predicted octanol–water partition coefficient (Wildman–Crippen LogP) is 2.96. The highest BCUT2D eigenvalue weighted by molar-refractivity contribution is 6.41. The molecular formula is C19H20Cl2N2O3. The molecule has 26 heavy (non-hydrogen) atoms. The molecule has 2 heterocycles. The number of likely N-dealkylation sites (tertiary alicyclic amines) is 1. The molecule has 1 atom stereocenters. The third kappa shape index (κ3) is 3.39. The molecular weight excluding hydrogens is 375 g/mol. The van der Waals surface area contributed by atoms with Gasteiger partial charge in [0.25, 0.3) is 11.8 Å². The van der Waals surface area contributed by atoms with Gasteiger partial charge in [0.05, 0.1) is 10.6 Å². The highest BCUT2D eigenvalue weighted by Crippen LogP contribution is 2.37. The monoisotopic (exact) mass is 394 g/mol. The second kappa shape index (κ2) is 7.82. The summed E-state index contributed by atoms with van der Waals surface area (Å²) in [5, 5.41) is 10.3. The van der Waals surface area contributed by atoms with Crippen LogP contribution in [0.25, 0.3) is 5.57 Å². The predicted molar refractivity (Wildman–Crippen MR) is 102 cm³/mol. The number of hydrogen-bond acceptors (Lipinski definition) is 4. The first-order chi connectivity index (χ1) is 12.5. The maximum absolute atomic E-state index is 13.0. The molecule has 0 aliphatic carbocycles. The Bertz CT molecular complexity index is 791. The Hall–Kier alpha value is -1.82. The fourth-order valence-corrected chi connectivity index (χ4v) is 4.01. The van der Waals surface area contributed by atoms with Crippen LogP contribution in [0.5, 0.6) is 0 Å². The van der Waals surface area contributed by atoms with Crippen LogP contribution in [0.1, 0.15) is 18.4 Å². The van der Waals surface area contributed by atoms with E-state index in [0.717, 1.165) is 12.8 Å². The topological polar surface area (TPSA) is 60.9 Å². The maximum Gasteiger partial charge on any atom is 0.278 e. The summed E-state index contributed by atoms with van der Waals surface area (Å²) in [7, 11) is 0. The first kappa shape index (κ1) is 19.0. The lowest BCUT2D eigenvalue weighted by molar-refractivity contribution is -0.137. The van der Waals surface area contributed by atoms with Crippen LogP contribution >= 0.6 is 23.2 Å². The summed E-state index contributed by atoms with van der Waals surface area (Å²) < 4.78 is 0. The van der Waals surface area contributed by atoms with Crippen molar-refractivity contribution in [2.45, 2.75) is 12.8 Å². The summed E-state index contributed by atoms with van der Waals surface area (Å²) >= 11 is 12.3. The highest BCUT2D eigenvalue weighted by Gasteiger charge is 2.42. The molecule has 0 aromatic heterocycles. The number of carbonyl (C=O) groups excluding carboxylic acids is 2. The van der Waals surface area contributed by atoms with E-state index in [1.807, 2.05) is 4.90 Å². The number of nitrogens with zero attached hydrogens (tertiary/aromatic N) is 2. The number of rotatable bonds is 5. The first-order valence-electron chi connectivity index (χ1n) is 8.50. The van der Waals surface area contributed by atoms with Crippen molar-refractivity contribution in [1.82, 2.24) is 9.80 Å². The van der Waals surface area contributed by atoms with Crippen LogP contribution in [0, 0.1) is 5.92 Å². The van der Waals surface area contributed by atoms with Crippen LogP contribution in [-0.4, -0.2) is 53.0 Å². The number of hydrogen-bond donors (Lipinski definition) is 1. The smallest absolute Gasteiger partial charge is 0.278 e. The molecule has 0 radical (unpaired) electrons. The van der Waals surface area contributed by atoms with E-state index in [4.69, 9.17) is 23.2 Å². The fourth-order valence-electron chi connectivity index (χ4n) is 3.50. The van der Waals surface area contributed by atoms with Gasteiger partial charge in [-0.15, -0.1) is 6.58 Å². The number of piperidine rings is 1. The summed E-state index contributed by atoms with van der Waals surface area (Å²) in [6.07, 6.45) is 3.27. The van der Waals surface area contributed by atoms with Gasteiger partial charge in [-0.1, -0.05) is 35.3 Å². The molecule has 0 saturated carbocycles. The number of amides is 2. The Morgan fingerprint density at radius 1 is 1.27 bits per heavy atom. The van der Waals surface area contributed by atoms with Crippen LogP contribution in [0.15, 0.2) is 36.6 Å². The van der Waals surface area contributed by atoms with Crippen molar-refractivity contribution in [3.8, 4) is 0 Å². The normalized spacial score (nSPS) is 21.0. The summed E-state index contributed by atoms with van der Waals surface area (Å²) in [5.41, 5.74) is 1.12. The second-order valence-corrected chi connectivity index (χ2v) is 7.34. The van der Waals surface area contributed by atoms with Gasteiger partial charge < -0.3 is 10.0 Å². The summed E-state index contributed by atoms with van der Waals surface area (Å²) in [6, 6.07) is 4.87. The molecule has 138 valence electrons. The van der Waals surface area contributed by atoms with E-state index < -0.39 is 0 Å². The molecule has 1 unspecified atom stereocenters. The lowest BCUT2D eigenvalue weighted by Crippen LogP contribution is -2.40. The Balaban J connectivity index is 2.11. The standard InChI is InChI=1S/C19H20Cl2N2O3/c1-2-7-23-18(25)16(14-6-5-13(20)9-15(14)21)17(19(23)26)22-8-3-4-12(10-22)11-24/h2,5-6,9,12,24H,1,3-4,7-8,10-11H2. The van der Waals surface area contributed by atoms with Crippen LogP contribution in [-0.2, 0) is 9.59 Å². The minimum atomic E-state index is -0.389. The van der Waals surface area contributed by atoms with Crippen LogP contribution in [0.3, 0.4) is 0 Å². The van der Waals surface area contributed by atoms with E-state index in [-0.39, 0.29) is 36.5 Å². The Morgan fingerprint density at radius 2 is 2.04 bits per heavy atom. The maximum atomic E-state index is 13.0. The minimum absolute atomic E-state index is 0.0549. The molecule has 0 spiro atoms. The van der Waals surface area contributed by atoms with Crippen LogP contribution < -0.4 is 0 Å². The quantitative estimate of drug-likeness (QED) is 0.615. The van der Waals surface area contributed by atoms with E-state index in [1.54, 1.807) is 18.2 Å². The molecule has 1 fully saturated rings. The summed E-state index contributed by atoms with van der Waals surface area (Å²) in [4.78, 5) is 29.0. The van der Waals surface area contributed by atoms with E-state index in [1.165, 1.54) is 11.0 Å². The molecule has 2 aliphatic rings. The van der Waals surface area contributed by atoms with E-state index in [0.29, 0.717) is 34.4 Å². The van der Waals surface area contributed by atoms with E-state index in [2.05, 4.69) is 6.58 Å². The minimum Gasteiger partial charge on any atom is -0.396 e. The van der Waals surface area contributed by atoms with Crippen molar-refractivity contribution >= 4 is 40.6 Å². The number of carbonyl (C=O) groups is 2. The lowest BCUT2D eigenvalue weighted by Gasteiger charge is -2.34. The molecule has 2 amide bonds. The van der Waals surface area contributed by atoms with Gasteiger partial charge in [0.15, 0.2) is 0 Å². The molecule has 3 rings (SSSR count). The number of imide groups is 1.